The molecule has 2 heterocycles. The van der Waals surface area contributed by atoms with Gasteiger partial charge in [-0.2, -0.15) is 0 Å². The third-order valence-corrected chi connectivity index (χ3v) is 2.49. The minimum atomic E-state index is 0.102. The molecule has 0 bridgehead atoms. The SMILES string of the molecule is O=C1CC(Nc2cncc(Br)c2)CN1. The number of hydrogen-bond acceptors (Lipinski definition) is 3. The number of pyridine rings is 1. The Hall–Kier alpha value is -1.10. The van der Waals surface area contributed by atoms with Crippen molar-refractivity contribution in [3.63, 3.8) is 0 Å². The summed E-state index contributed by atoms with van der Waals surface area (Å²) >= 11 is 3.34. The lowest BCUT2D eigenvalue weighted by atomic mass is 10.2. The number of hydrogen-bond donors (Lipinski definition) is 2. The predicted octanol–water partition coefficient (Wildman–Crippen LogP) is 1.14. The quantitative estimate of drug-likeness (QED) is 0.834. The summed E-state index contributed by atoms with van der Waals surface area (Å²) < 4.78 is 0.930. The maximum Gasteiger partial charge on any atom is 0.222 e. The van der Waals surface area contributed by atoms with Gasteiger partial charge >= 0.3 is 0 Å². The molecule has 1 atom stereocenters. The number of anilines is 1. The van der Waals surface area contributed by atoms with Gasteiger partial charge in [0.25, 0.3) is 0 Å². The highest BCUT2D eigenvalue weighted by Gasteiger charge is 2.20. The fourth-order valence-corrected chi connectivity index (χ4v) is 1.80. The Kier molecular flexibility index (Phi) is 2.67. The molecule has 1 aromatic heterocycles. The fourth-order valence-electron chi connectivity index (χ4n) is 1.43. The number of halogens is 1. The summed E-state index contributed by atoms with van der Waals surface area (Å²) in [4.78, 5) is 15.0. The molecule has 0 saturated carbocycles. The molecule has 2 N–H and O–H groups in total. The molecular weight excluding hydrogens is 246 g/mol. The Labute approximate surface area is 90.2 Å². The van der Waals surface area contributed by atoms with Gasteiger partial charge in [0.05, 0.1) is 17.9 Å². The first-order valence-electron chi connectivity index (χ1n) is 4.38. The van der Waals surface area contributed by atoms with Crippen LogP contribution in [0.25, 0.3) is 0 Å². The number of amides is 1. The van der Waals surface area contributed by atoms with Crippen LogP contribution in [0.5, 0.6) is 0 Å². The summed E-state index contributed by atoms with van der Waals surface area (Å²) in [5.74, 6) is 0.102. The summed E-state index contributed by atoms with van der Waals surface area (Å²) in [5, 5.41) is 6.01. The van der Waals surface area contributed by atoms with E-state index in [0.717, 1.165) is 10.2 Å². The molecule has 0 radical (unpaired) electrons. The Morgan fingerprint density at radius 1 is 1.57 bits per heavy atom. The van der Waals surface area contributed by atoms with Gasteiger partial charge in [0.1, 0.15) is 0 Å². The molecule has 5 heteroatoms. The lowest BCUT2D eigenvalue weighted by Crippen LogP contribution is -2.22. The zero-order valence-electron chi connectivity index (χ0n) is 7.46. The second-order valence-corrected chi connectivity index (χ2v) is 4.16. The van der Waals surface area contributed by atoms with Crippen LogP contribution in [-0.2, 0) is 4.79 Å². The van der Waals surface area contributed by atoms with Crippen molar-refractivity contribution < 1.29 is 4.79 Å². The Balaban J connectivity index is 2.00. The third kappa shape index (κ3) is 2.23. The normalized spacial score (nSPS) is 20.6. The van der Waals surface area contributed by atoms with Gasteiger partial charge < -0.3 is 10.6 Å². The van der Waals surface area contributed by atoms with Crippen molar-refractivity contribution in [3.8, 4) is 0 Å². The van der Waals surface area contributed by atoms with Crippen molar-refractivity contribution in [1.82, 2.24) is 10.3 Å². The molecule has 1 saturated heterocycles. The largest absolute Gasteiger partial charge is 0.379 e. The van der Waals surface area contributed by atoms with Crippen LogP contribution < -0.4 is 10.6 Å². The summed E-state index contributed by atoms with van der Waals surface area (Å²) in [7, 11) is 0. The Morgan fingerprint density at radius 2 is 2.43 bits per heavy atom. The van der Waals surface area contributed by atoms with Crippen molar-refractivity contribution in [3.05, 3.63) is 22.9 Å². The van der Waals surface area contributed by atoms with Crippen LogP contribution in [0.2, 0.25) is 0 Å². The number of carbonyl (C=O) groups is 1. The van der Waals surface area contributed by atoms with E-state index < -0.39 is 0 Å². The van der Waals surface area contributed by atoms with Gasteiger partial charge in [0, 0.05) is 23.6 Å². The van der Waals surface area contributed by atoms with Gasteiger partial charge in [-0.3, -0.25) is 9.78 Å². The molecule has 0 spiro atoms. The van der Waals surface area contributed by atoms with Crippen LogP contribution in [0.1, 0.15) is 6.42 Å². The zero-order chi connectivity index (χ0) is 9.97. The van der Waals surface area contributed by atoms with Gasteiger partial charge in [0.15, 0.2) is 0 Å². The van der Waals surface area contributed by atoms with Crippen molar-refractivity contribution in [1.29, 1.82) is 0 Å². The van der Waals surface area contributed by atoms with E-state index in [4.69, 9.17) is 0 Å². The molecule has 1 aromatic rings. The molecule has 74 valence electrons. The molecule has 1 fully saturated rings. The molecular formula is C9H10BrN3O. The molecule has 1 unspecified atom stereocenters. The van der Waals surface area contributed by atoms with Crippen molar-refractivity contribution in [2.45, 2.75) is 12.5 Å². The molecule has 1 aliphatic heterocycles. The highest BCUT2D eigenvalue weighted by molar-refractivity contribution is 9.10. The topological polar surface area (TPSA) is 54.0 Å². The predicted molar refractivity (Wildman–Crippen MR) is 57.0 cm³/mol. The maximum atomic E-state index is 10.9. The second-order valence-electron chi connectivity index (χ2n) is 3.24. The zero-order valence-corrected chi connectivity index (χ0v) is 9.04. The minimum absolute atomic E-state index is 0.102. The van der Waals surface area contributed by atoms with E-state index in [-0.39, 0.29) is 11.9 Å². The third-order valence-electron chi connectivity index (χ3n) is 2.05. The summed E-state index contributed by atoms with van der Waals surface area (Å²) in [5.41, 5.74) is 0.931. The van der Waals surface area contributed by atoms with E-state index >= 15 is 0 Å². The van der Waals surface area contributed by atoms with Crippen molar-refractivity contribution in [2.75, 3.05) is 11.9 Å². The first kappa shape index (κ1) is 9.45. The Morgan fingerprint density at radius 3 is 3.07 bits per heavy atom. The first-order valence-corrected chi connectivity index (χ1v) is 5.17. The molecule has 14 heavy (non-hydrogen) atoms. The van der Waals surface area contributed by atoms with E-state index in [2.05, 4.69) is 31.5 Å². The summed E-state index contributed by atoms with van der Waals surface area (Å²) in [6.45, 7) is 0.686. The summed E-state index contributed by atoms with van der Waals surface area (Å²) in [6, 6.07) is 2.12. The highest BCUT2D eigenvalue weighted by Crippen LogP contribution is 2.16. The maximum absolute atomic E-state index is 10.9. The first-order chi connectivity index (χ1) is 6.74. The van der Waals surface area contributed by atoms with Crippen LogP contribution in [0, 0.1) is 0 Å². The molecule has 0 aromatic carbocycles. The lowest BCUT2D eigenvalue weighted by molar-refractivity contribution is -0.119. The average molecular weight is 256 g/mol. The number of rotatable bonds is 2. The smallest absolute Gasteiger partial charge is 0.222 e. The van der Waals surface area contributed by atoms with Crippen LogP contribution in [0.15, 0.2) is 22.9 Å². The standard InChI is InChI=1S/C9H10BrN3O/c10-6-1-7(4-11-3-6)13-8-2-9(14)12-5-8/h1,3-4,8,13H,2,5H2,(H,12,14). The fraction of sp³-hybridized carbons (Fsp3) is 0.333. The highest BCUT2D eigenvalue weighted by atomic mass is 79.9. The van der Waals surface area contributed by atoms with Gasteiger partial charge in [0.2, 0.25) is 5.91 Å². The number of aromatic nitrogens is 1. The van der Waals surface area contributed by atoms with E-state index in [1.165, 1.54) is 0 Å². The van der Waals surface area contributed by atoms with E-state index in [9.17, 15) is 4.79 Å². The average Bonchev–Trinajstić information content (AvgIpc) is 2.51. The number of nitrogens with one attached hydrogen (secondary N) is 2. The van der Waals surface area contributed by atoms with Crippen molar-refractivity contribution in [2.24, 2.45) is 0 Å². The van der Waals surface area contributed by atoms with Crippen molar-refractivity contribution >= 4 is 27.5 Å². The van der Waals surface area contributed by atoms with E-state index in [0.29, 0.717) is 13.0 Å². The molecule has 2 rings (SSSR count). The summed E-state index contributed by atoms with van der Waals surface area (Å²) in [6.07, 6.45) is 4.00. The molecule has 1 aliphatic rings. The van der Waals surface area contributed by atoms with E-state index in [1.807, 2.05) is 6.07 Å². The van der Waals surface area contributed by atoms with Gasteiger partial charge in [-0.1, -0.05) is 0 Å². The van der Waals surface area contributed by atoms with Crippen LogP contribution in [0.3, 0.4) is 0 Å². The molecule has 0 aliphatic carbocycles. The van der Waals surface area contributed by atoms with Gasteiger partial charge in [-0.05, 0) is 22.0 Å². The number of nitrogens with zero attached hydrogens (tertiary/aromatic N) is 1. The molecule has 4 nitrogen and oxygen atoms in total. The van der Waals surface area contributed by atoms with Gasteiger partial charge in [-0.15, -0.1) is 0 Å². The van der Waals surface area contributed by atoms with E-state index in [1.54, 1.807) is 12.4 Å². The monoisotopic (exact) mass is 255 g/mol. The van der Waals surface area contributed by atoms with Gasteiger partial charge in [-0.25, -0.2) is 0 Å². The lowest BCUT2D eigenvalue weighted by Gasteiger charge is -2.11. The second kappa shape index (κ2) is 3.96. The molecule has 1 amide bonds. The minimum Gasteiger partial charge on any atom is -0.379 e. The number of carbonyl (C=O) groups excluding carboxylic acids is 1. The Bertz CT molecular complexity index is 356. The van der Waals surface area contributed by atoms with Crippen LogP contribution in [-0.4, -0.2) is 23.5 Å². The van der Waals surface area contributed by atoms with Crippen LogP contribution >= 0.6 is 15.9 Å². The van der Waals surface area contributed by atoms with Crippen LogP contribution in [0.4, 0.5) is 5.69 Å².